The van der Waals surface area contributed by atoms with E-state index >= 15 is 0 Å². The first-order chi connectivity index (χ1) is 15.9. The third-order valence-electron chi connectivity index (χ3n) is 5.60. The van der Waals surface area contributed by atoms with Crippen LogP contribution in [-0.2, 0) is 14.3 Å². The van der Waals surface area contributed by atoms with Crippen molar-refractivity contribution in [2.24, 2.45) is 0 Å². The normalized spacial score (nSPS) is 16.0. The van der Waals surface area contributed by atoms with E-state index in [0.29, 0.717) is 11.1 Å². The number of rotatable bonds is 5. The Bertz CT molecular complexity index is 1220. The molecule has 1 aliphatic rings. The fourth-order valence-electron chi connectivity index (χ4n) is 3.98. The first-order valence-corrected chi connectivity index (χ1v) is 10.5. The van der Waals surface area contributed by atoms with E-state index in [9.17, 15) is 23.6 Å². The third-order valence-corrected chi connectivity index (χ3v) is 5.60. The Morgan fingerprint density at radius 1 is 1.06 bits per heavy atom. The van der Waals surface area contributed by atoms with Crippen LogP contribution in [0.5, 0.6) is 0 Å². The summed E-state index contributed by atoms with van der Waals surface area (Å²) in [5.74, 6) is -3.53. The van der Waals surface area contributed by atoms with Crippen molar-refractivity contribution < 1.29 is 28.3 Å². The molecule has 4 rings (SSSR count). The summed E-state index contributed by atoms with van der Waals surface area (Å²) < 4.78 is 19.4. The Morgan fingerprint density at radius 2 is 1.82 bits per heavy atom. The van der Waals surface area contributed by atoms with Crippen LogP contribution >= 0.6 is 0 Å². The summed E-state index contributed by atoms with van der Waals surface area (Å²) in [6, 6.07) is 11.7. The van der Waals surface area contributed by atoms with Gasteiger partial charge < -0.3 is 19.5 Å². The number of benzene rings is 2. The van der Waals surface area contributed by atoms with Gasteiger partial charge in [0, 0.05) is 35.8 Å². The Labute approximate surface area is 188 Å². The van der Waals surface area contributed by atoms with E-state index in [2.05, 4.69) is 4.98 Å². The summed E-state index contributed by atoms with van der Waals surface area (Å²) >= 11 is 0. The van der Waals surface area contributed by atoms with Crippen molar-refractivity contribution in [2.45, 2.75) is 13.0 Å². The number of halogens is 1. The number of ether oxygens (including phenoxy) is 1. The molecule has 0 spiro atoms. The lowest BCUT2D eigenvalue weighted by atomic mass is 10.0. The third kappa shape index (κ3) is 4.21. The van der Waals surface area contributed by atoms with Crippen molar-refractivity contribution in [3.63, 3.8) is 0 Å². The van der Waals surface area contributed by atoms with Crippen molar-refractivity contribution in [1.29, 1.82) is 0 Å². The molecular weight excluding hydrogens is 429 g/mol. The Morgan fingerprint density at radius 3 is 2.55 bits per heavy atom. The topological polar surface area (TPSA) is 99.8 Å². The number of Topliss-reactive ketones (excluding diaryl/α,β-unsaturated/α-hetero) is 1. The number of carbonyl (C=O) groups excluding carboxylic acids is 4. The number of aromatic amines is 1. The molecule has 1 fully saturated rings. The number of carbonyl (C=O) groups is 4. The van der Waals surface area contributed by atoms with E-state index in [1.807, 2.05) is 0 Å². The molecule has 1 saturated heterocycles. The summed E-state index contributed by atoms with van der Waals surface area (Å²) in [6.07, 6.45) is 1.28. The molecule has 1 aliphatic heterocycles. The van der Waals surface area contributed by atoms with Crippen LogP contribution in [0, 0.1) is 5.82 Å². The molecule has 0 saturated carbocycles. The Hall–Kier alpha value is -4.01. The number of aromatic nitrogens is 1. The van der Waals surface area contributed by atoms with Gasteiger partial charge >= 0.3 is 5.97 Å². The average Bonchev–Trinajstić information content (AvgIpc) is 3.28. The van der Waals surface area contributed by atoms with Gasteiger partial charge in [-0.3, -0.25) is 14.4 Å². The van der Waals surface area contributed by atoms with Crippen LogP contribution in [0.1, 0.15) is 27.6 Å². The molecule has 3 aromatic rings. The lowest BCUT2D eigenvalue weighted by Gasteiger charge is -2.39. The quantitative estimate of drug-likeness (QED) is 0.365. The Kier molecular flexibility index (Phi) is 6.21. The molecule has 1 unspecified atom stereocenters. The monoisotopic (exact) mass is 451 g/mol. The van der Waals surface area contributed by atoms with Crippen LogP contribution in [0.25, 0.3) is 10.9 Å². The minimum Gasteiger partial charge on any atom is -0.464 e. The SMILES string of the molecule is CCOC(=O)C1CN(C(=O)c2ccccc2)CCN1C(=O)C(=O)c1c[nH]c2cccc(F)c12. The van der Waals surface area contributed by atoms with Gasteiger partial charge in [0.05, 0.1) is 18.7 Å². The first kappa shape index (κ1) is 22.2. The molecular formula is C24H22FN3O5. The number of H-pyrrole nitrogens is 1. The zero-order valence-corrected chi connectivity index (χ0v) is 17.9. The highest BCUT2D eigenvalue weighted by molar-refractivity contribution is 6.45. The van der Waals surface area contributed by atoms with E-state index in [-0.39, 0.29) is 43.1 Å². The number of hydrogen-bond acceptors (Lipinski definition) is 5. The van der Waals surface area contributed by atoms with Gasteiger partial charge in [0.15, 0.2) is 0 Å². The summed E-state index contributed by atoms with van der Waals surface area (Å²) in [4.78, 5) is 57.0. The van der Waals surface area contributed by atoms with E-state index < -0.39 is 29.5 Å². The van der Waals surface area contributed by atoms with Gasteiger partial charge in [-0.15, -0.1) is 0 Å². The van der Waals surface area contributed by atoms with Gasteiger partial charge in [-0.2, -0.15) is 0 Å². The molecule has 0 bridgehead atoms. The number of ketones is 1. The van der Waals surface area contributed by atoms with E-state index in [4.69, 9.17) is 4.74 Å². The van der Waals surface area contributed by atoms with Crippen molar-refractivity contribution in [1.82, 2.24) is 14.8 Å². The molecule has 170 valence electrons. The molecule has 2 amide bonds. The first-order valence-electron chi connectivity index (χ1n) is 10.5. The molecule has 33 heavy (non-hydrogen) atoms. The zero-order valence-electron chi connectivity index (χ0n) is 17.9. The van der Waals surface area contributed by atoms with Crippen LogP contribution in [0.3, 0.4) is 0 Å². The standard InChI is InChI=1S/C24H22FN3O5/c1-2-33-24(32)19-14-27(22(30)15-7-4-3-5-8-15)11-12-28(19)23(31)21(29)16-13-26-18-10-6-9-17(25)20(16)18/h3-10,13,19,26H,2,11-12,14H2,1H3. The van der Waals surface area contributed by atoms with E-state index in [1.165, 1.54) is 23.2 Å². The number of esters is 1. The largest absolute Gasteiger partial charge is 0.464 e. The number of nitrogens with one attached hydrogen (secondary N) is 1. The molecule has 1 N–H and O–H groups in total. The predicted octanol–water partition coefficient (Wildman–Crippen LogP) is 2.41. The smallest absolute Gasteiger partial charge is 0.330 e. The van der Waals surface area contributed by atoms with Gasteiger partial charge in [0.2, 0.25) is 0 Å². The molecule has 0 radical (unpaired) electrons. The average molecular weight is 451 g/mol. The highest BCUT2D eigenvalue weighted by Gasteiger charge is 2.40. The molecule has 2 aromatic carbocycles. The summed E-state index contributed by atoms with van der Waals surface area (Å²) in [5, 5.41) is 0.0152. The lowest BCUT2D eigenvalue weighted by molar-refractivity contribution is -0.156. The minimum absolute atomic E-state index is 0.0152. The highest BCUT2D eigenvalue weighted by atomic mass is 19.1. The summed E-state index contributed by atoms with van der Waals surface area (Å²) in [5.41, 5.74) is 0.718. The van der Waals surface area contributed by atoms with E-state index in [0.717, 1.165) is 4.90 Å². The fourth-order valence-corrected chi connectivity index (χ4v) is 3.98. The maximum Gasteiger partial charge on any atom is 0.330 e. The fraction of sp³-hybridized carbons (Fsp3) is 0.250. The minimum atomic E-state index is -1.15. The van der Waals surface area contributed by atoms with E-state index in [1.54, 1.807) is 43.3 Å². The molecule has 0 aliphatic carbocycles. The maximum absolute atomic E-state index is 14.3. The second-order valence-electron chi connectivity index (χ2n) is 7.58. The van der Waals surface area contributed by atoms with Crippen LogP contribution in [0.4, 0.5) is 4.39 Å². The number of nitrogens with zero attached hydrogens (tertiary/aromatic N) is 2. The second kappa shape index (κ2) is 9.23. The Balaban J connectivity index is 1.60. The van der Waals surface area contributed by atoms with Gasteiger partial charge in [-0.05, 0) is 31.2 Å². The maximum atomic E-state index is 14.3. The van der Waals surface area contributed by atoms with Crippen LogP contribution in [0.15, 0.2) is 54.7 Å². The molecule has 1 aromatic heterocycles. The molecule has 9 heteroatoms. The van der Waals surface area contributed by atoms with Crippen LogP contribution in [-0.4, -0.2) is 70.6 Å². The van der Waals surface area contributed by atoms with Gasteiger partial charge in [0.1, 0.15) is 11.9 Å². The van der Waals surface area contributed by atoms with Crippen LogP contribution in [0.2, 0.25) is 0 Å². The molecule has 1 atom stereocenters. The second-order valence-corrected chi connectivity index (χ2v) is 7.58. The molecule has 8 nitrogen and oxygen atoms in total. The predicted molar refractivity (Wildman–Crippen MR) is 117 cm³/mol. The van der Waals surface area contributed by atoms with Gasteiger partial charge in [-0.25, -0.2) is 9.18 Å². The van der Waals surface area contributed by atoms with Gasteiger partial charge in [0.25, 0.3) is 17.6 Å². The zero-order chi connectivity index (χ0) is 23.5. The number of piperazine rings is 1. The lowest BCUT2D eigenvalue weighted by Crippen LogP contribution is -2.60. The van der Waals surface area contributed by atoms with Crippen molar-refractivity contribution >= 4 is 34.5 Å². The molecule has 2 heterocycles. The van der Waals surface area contributed by atoms with Gasteiger partial charge in [-0.1, -0.05) is 24.3 Å². The summed E-state index contributed by atoms with van der Waals surface area (Å²) in [7, 11) is 0. The van der Waals surface area contributed by atoms with Crippen LogP contribution < -0.4 is 0 Å². The number of hydrogen-bond donors (Lipinski definition) is 1. The summed E-state index contributed by atoms with van der Waals surface area (Å²) in [6.45, 7) is 1.67. The number of amides is 2. The highest BCUT2D eigenvalue weighted by Crippen LogP contribution is 2.24. The van der Waals surface area contributed by atoms with Crippen molar-refractivity contribution in [3.05, 3.63) is 71.7 Å². The number of fused-ring (bicyclic) bond motifs is 1. The van der Waals surface area contributed by atoms with Crippen molar-refractivity contribution in [2.75, 3.05) is 26.2 Å². The van der Waals surface area contributed by atoms with Crippen molar-refractivity contribution in [3.8, 4) is 0 Å².